The third-order valence-electron chi connectivity index (χ3n) is 3.45. The van der Waals surface area contributed by atoms with Gasteiger partial charge in [0.2, 0.25) is 0 Å². The van der Waals surface area contributed by atoms with Crippen molar-refractivity contribution in [2.24, 2.45) is 5.84 Å². The molecule has 1 aromatic rings. The Hall–Kier alpha value is -1.01. The molecule has 0 saturated carbocycles. The monoisotopic (exact) mass is 295 g/mol. The molecule has 5 nitrogen and oxygen atoms in total. The first-order valence-corrected chi connectivity index (χ1v) is 8.27. The molecular weight excluding hydrogens is 270 g/mol. The summed E-state index contributed by atoms with van der Waals surface area (Å²) in [7, 11) is 0. The number of nitrogens with one attached hydrogen (secondary N) is 2. The summed E-state index contributed by atoms with van der Waals surface area (Å²) in [5.74, 6) is 10.4. The number of aromatic nitrogens is 2. The molecule has 1 aliphatic rings. The molecule has 0 amide bonds. The average molecular weight is 295 g/mol. The number of nitrogens with zero attached hydrogens (tertiary/aromatic N) is 2. The van der Waals surface area contributed by atoms with E-state index < -0.39 is 0 Å². The van der Waals surface area contributed by atoms with E-state index >= 15 is 0 Å². The normalized spacial score (nSPS) is 19.8. The van der Waals surface area contributed by atoms with E-state index in [2.05, 4.69) is 36.5 Å². The van der Waals surface area contributed by atoms with Crippen molar-refractivity contribution in [3.05, 3.63) is 11.4 Å². The fourth-order valence-corrected chi connectivity index (χ4v) is 3.25. The largest absolute Gasteiger partial charge is 0.366 e. The molecular formula is C14H25N5S. The number of anilines is 2. The zero-order valence-corrected chi connectivity index (χ0v) is 13.6. The van der Waals surface area contributed by atoms with Crippen LogP contribution >= 0.6 is 11.8 Å². The Labute approximate surface area is 125 Å². The van der Waals surface area contributed by atoms with Gasteiger partial charge in [0.15, 0.2) is 0 Å². The lowest BCUT2D eigenvalue weighted by atomic mass is 9.95. The molecule has 20 heavy (non-hydrogen) atoms. The predicted octanol–water partition coefficient (Wildman–Crippen LogP) is 2.68. The van der Waals surface area contributed by atoms with Crippen molar-refractivity contribution in [3.8, 4) is 0 Å². The fourth-order valence-electron chi connectivity index (χ4n) is 2.18. The SMILES string of the molecule is Cc1c(NN)nc(C(C)(C)C)nc1NC1CCCSC1. The van der Waals surface area contributed by atoms with Gasteiger partial charge in [-0.15, -0.1) is 0 Å². The van der Waals surface area contributed by atoms with E-state index in [0.717, 1.165) is 23.0 Å². The van der Waals surface area contributed by atoms with Crippen LogP contribution in [0.1, 0.15) is 45.0 Å². The molecule has 0 bridgehead atoms. The minimum atomic E-state index is -0.100. The zero-order chi connectivity index (χ0) is 14.8. The second kappa shape index (κ2) is 6.18. The van der Waals surface area contributed by atoms with Gasteiger partial charge in [0.05, 0.1) is 0 Å². The maximum atomic E-state index is 5.59. The summed E-state index contributed by atoms with van der Waals surface area (Å²) >= 11 is 2.00. The summed E-state index contributed by atoms with van der Waals surface area (Å²) < 4.78 is 0. The molecule has 0 aliphatic carbocycles. The number of rotatable bonds is 3. The maximum Gasteiger partial charge on any atom is 0.148 e. The summed E-state index contributed by atoms with van der Waals surface area (Å²) in [6, 6.07) is 0.487. The Morgan fingerprint density at radius 3 is 2.50 bits per heavy atom. The molecule has 1 saturated heterocycles. The van der Waals surface area contributed by atoms with E-state index in [1.165, 1.54) is 18.6 Å². The van der Waals surface area contributed by atoms with Crippen molar-refractivity contribution in [1.82, 2.24) is 9.97 Å². The van der Waals surface area contributed by atoms with Gasteiger partial charge >= 0.3 is 0 Å². The average Bonchev–Trinajstić information content (AvgIpc) is 2.41. The number of thioether (sulfide) groups is 1. The Morgan fingerprint density at radius 1 is 1.25 bits per heavy atom. The van der Waals surface area contributed by atoms with Crippen molar-refractivity contribution in [1.29, 1.82) is 0 Å². The van der Waals surface area contributed by atoms with Crippen LogP contribution in [0.15, 0.2) is 0 Å². The van der Waals surface area contributed by atoms with Gasteiger partial charge in [0.25, 0.3) is 0 Å². The Balaban J connectivity index is 2.30. The van der Waals surface area contributed by atoms with Crippen molar-refractivity contribution in [2.45, 2.75) is 52.0 Å². The highest BCUT2D eigenvalue weighted by atomic mass is 32.2. The molecule has 0 spiro atoms. The second-order valence-corrected chi connectivity index (χ2v) is 7.47. The van der Waals surface area contributed by atoms with Crippen LogP contribution in [0.2, 0.25) is 0 Å². The first kappa shape index (κ1) is 15.4. The van der Waals surface area contributed by atoms with Crippen LogP contribution in [0.3, 0.4) is 0 Å². The van der Waals surface area contributed by atoms with Crippen LogP contribution in [-0.2, 0) is 5.41 Å². The standard InChI is InChI=1S/C14H25N5S/c1-9-11(16-10-6-5-7-20-8-10)17-13(14(2,3)4)18-12(9)19-15/h10H,5-8,15H2,1-4H3,(H2,16,17,18,19). The molecule has 1 unspecified atom stereocenters. The maximum absolute atomic E-state index is 5.59. The first-order valence-electron chi connectivity index (χ1n) is 7.12. The lowest BCUT2D eigenvalue weighted by Gasteiger charge is -2.26. The molecule has 0 radical (unpaired) electrons. The molecule has 2 rings (SSSR count). The van der Waals surface area contributed by atoms with E-state index in [4.69, 9.17) is 10.8 Å². The molecule has 2 heterocycles. The summed E-state index contributed by atoms with van der Waals surface area (Å²) in [5, 5.41) is 3.57. The number of nitrogens with two attached hydrogens (primary N) is 1. The highest BCUT2D eigenvalue weighted by molar-refractivity contribution is 7.99. The molecule has 4 N–H and O–H groups in total. The molecule has 112 valence electrons. The summed E-state index contributed by atoms with van der Waals surface area (Å²) in [6.45, 7) is 8.33. The quantitative estimate of drug-likeness (QED) is 0.588. The number of hydrogen-bond acceptors (Lipinski definition) is 6. The van der Waals surface area contributed by atoms with Gasteiger partial charge in [0.1, 0.15) is 17.5 Å². The summed E-state index contributed by atoms with van der Waals surface area (Å²) in [5.41, 5.74) is 3.57. The van der Waals surface area contributed by atoms with Gasteiger partial charge in [-0.05, 0) is 25.5 Å². The van der Waals surface area contributed by atoms with E-state index in [-0.39, 0.29) is 5.41 Å². The summed E-state index contributed by atoms with van der Waals surface area (Å²) in [6.07, 6.45) is 2.47. The lowest BCUT2D eigenvalue weighted by molar-refractivity contribution is 0.545. The van der Waals surface area contributed by atoms with Crippen LogP contribution < -0.4 is 16.6 Å². The van der Waals surface area contributed by atoms with Crippen molar-refractivity contribution >= 4 is 23.4 Å². The van der Waals surface area contributed by atoms with E-state index in [1.807, 2.05) is 18.7 Å². The highest BCUT2D eigenvalue weighted by Gasteiger charge is 2.22. The van der Waals surface area contributed by atoms with Crippen LogP contribution in [0.5, 0.6) is 0 Å². The highest BCUT2D eigenvalue weighted by Crippen LogP contribution is 2.28. The first-order chi connectivity index (χ1) is 9.41. The van der Waals surface area contributed by atoms with Crippen LogP contribution in [0.25, 0.3) is 0 Å². The number of hydrogen-bond donors (Lipinski definition) is 3. The molecule has 1 aliphatic heterocycles. The van der Waals surface area contributed by atoms with E-state index in [1.54, 1.807) is 0 Å². The van der Waals surface area contributed by atoms with Crippen LogP contribution in [-0.4, -0.2) is 27.5 Å². The smallest absolute Gasteiger partial charge is 0.148 e. The Morgan fingerprint density at radius 2 is 1.95 bits per heavy atom. The minimum Gasteiger partial charge on any atom is -0.366 e. The van der Waals surface area contributed by atoms with Crippen molar-refractivity contribution in [3.63, 3.8) is 0 Å². The van der Waals surface area contributed by atoms with Crippen LogP contribution in [0.4, 0.5) is 11.6 Å². The van der Waals surface area contributed by atoms with Gasteiger partial charge < -0.3 is 10.7 Å². The van der Waals surface area contributed by atoms with Gasteiger partial charge in [0, 0.05) is 22.8 Å². The topological polar surface area (TPSA) is 75.9 Å². The van der Waals surface area contributed by atoms with Gasteiger partial charge in [-0.3, -0.25) is 0 Å². The van der Waals surface area contributed by atoms with Crippen LogP contribution in [0, 0.1) is 6.92 Å². The molecule has 1 aromatic heterocycles. The Bertz CT molecular complexity index is 463. The number of hydrazine groups is 1. The van der Waals surface area contributed by atoms with Crippen molar-refractivity contribution < 1.29 is 0 Å². The molecule has 1 atom stereocenters. The molecule has 0 aromatic carbocycles. The third kappa shape index (κ3) is 3.55. The van der Waals surface area contributed by atoms with Gasteiger partial charge in [-0.2, -0.15) is 11.8 Å². The third-order valence-corrected chi connectivity index (χ3v) is 4.67. The van der Waals surface area contributed by atoms with E-state index in [9.17, 15) is 0 Å². The predicted molar refractivity (Wildman–Crippen MR) is 87.2 cm³/mol. The summed E-state index contributed by atoms with van der Waals surface area (Å²) in [4.78, 5) is 9.24. The van der Waals surface area contributed by atoms with Gasteiger partial charge in [-0.1, -0.05) is 20.8 Å². The minimum absolute atomic E-state index is 0.100. The lowest BCUT2D eigenvalue weighted by Crippen LogP contribution is -2.28. The van der Waals surface area contributed by atoms with Crippen molar-refractivity contribution in [2.75, 3.05) is 22.2 Å². The zero-order valence-electron chi connectivity index (χ0n) is 12.8. The number of nitrogen functional groups attached to an aromatic ring is 1. The van der Waals surface area contributed by atoms with Gasteiger partial charge in [-0.25, -0.2) is 15.8 Å². The molecule has 6 heteroatoms. The Kier molecular flexibility index (Phi) is 4.75. The van der Waals surface area contributed by atoms with E-state index in [0.29, 0.717) is 11.9 Å². The molecule has 1 fully saturated rings. The second-order valence-electron chi connectivity index (χ2n) is 6.32. The fraction of sp³-hybridized carbons (Fsp3) is 0.714.